The Morgan fingerprint density at radius 1 is 1.20 bits per heavy atom. The van der Waals surface area contributed by atoms with E-state index in [-0.39, 0.29) is 0 Å². The molecule has 0 saturated heterocycles. The number of halogens is 1. The molecule has 0 radical (unpaired) electrons. The monoisotopic (exact) mass is 380 g/mol. The van der Waals surface area contributed by atoms with Crippen LogP contribution < -0.4 is 9.62 Å². The summed E-state index contributed by atoms with van der Waals surface area (Å²) < 4.78 is 25.6. The van der Waals surface area contributed by atoms with Gasteiger partial charge in [0.15, 0.2) is 0 Å². The highest BCUT2D eigenvalue weighted by Crippen LogP contribution is 2.25. The number of hydrogen-bond donors (Lipinski definition) is 1. The van der Waals surface area contributed by atoms with E-state index in [9.17, 15) is 13.2 Å². The first-order chi connectivity index (χ1) is 11.7. The zero-order chi connectivity index (χ0) is 18.6. The van der Waals surface area contributed by atoms with Gasteiger partial charge in [0.25, 0.3) is 0 Å². The molecule has 2 aromatic carbocycles. The Morgan fingerprint density at radius 2 is 1.88 bits per heavy atom. The molecule has 2 aromatic rings. The average molecular weight is 381 g/mol. The van der Waals surface area contributed by atoms with Crippen molar-refractivity contribution < 1.29 is 13.2 Å². The summed E-state index contributed by atoms with van der Waals surface area (Å²) in [5.74, 6) is -0.411. The standard InChI is InChI=1S/C18H21ClN2O3S/c1-4-14-8-5-6-11-17(14)20-18(22)13(2)21(25(3,23)24)16-10-7-9-15(19)12-16/h5-13H,4H2,1-3H3,(H,20,22). The second kappa shape index (κ2) is 7.89. The number of amides is 1. The van der Waals surface area contributed by atoms with Crippen LogP contribution in [0.2, 0.25) is 5.02 Å². The number of benzene rings is 2. The van der Waals surface area contributed by atoms with Gasteiger partial charge in [-0.1, -0.05) is 42.8 Å². The van der Waals surface area contributed by atoms with Crippen molar-refractivity contribution in [1.29, 1.82) is 0 Å². The van der Waals surface area contributed by atoms with Gasteiger partial charge < -0.3 is 5.32 Å². The third kappa shape index (κ3) is 4.74. The minimum Gasteiger partial charge on any atom is -0.324 e. The molecule has 1 amide bonds. The Kier molecular flexibility index (Phi) is 6.08. The van der Waals surface area contributed by atoms with Gasteiger partial charge in [-0.3, -0.25) is 9.10 Å². The van der Waals surface area contributed by atoms with E-state index in [1.807, 2.05) is 25.1 Å². The fourth-order valence-electron chi connectivity index (χ4n) is 2.61. The molecular weight excluding hydrogens is 360 g/mol. The van der Waals surface area contributed by atoms with Crippen LogP contribution in [0.25, 0.3) is 0 Å². The molecule has 0 fully saturated rings. The molecule has 2 rings (SSSR count). The van der Waals surface area contributed by atoms with Crippen molar-refractivity contribution in [2.75, 3.05) is 15.9 Å². The van der Waals surface area contributed by atoms with Crippen LogP contribution in [0.15, 0.2) is 48.5 Å². The van der Waals surface area contributed by atoms with Gasteiger partial charge in [-0.15, -0.1) is 0 Å². The summed E-state index contributed by atoms with van der Waals surface area (Å²) in [5, 5.41) is 3.22. The Labute approximate surface area is 153 Å². The Balaban J connectivity index is 2.33. The maximum absolute atomic E-state index is 12.7. The van der Waals surface area contributed by atoms with Gasteiger partial charge in [0.05, 0.1) is 11.9 Å². The molecule has 0 heterocycles. The van der Waals surface area contributed by atoms with E-state index in [4.69, 9.17) is 11.6 Å². The van der Waals surface area contributed by atoms with Gasteiger partial charge in [-0.25, -0.2) is 8.42 Å². The zero-order valence-electron chi connectivity index (χ0n) is 14.4. The molecule has 134 valence electrons. The summed E-state index contributed by atoms with van der Waals surface area (Å²) in [6.45, 7) is 3.54. The first-order valence-corrected chi connectivity index (χ1v) is 10.1. The summed E-state index contributed by atoms with van der Waals surface area (Å²) in [6.07, 6.45) is 1.83. The molecule has 5 nitrogen and oxygen atoms in total. The number of aryl methyl sites for hydroxylation is 1. The van der Waals surface area contributed by atoms with Crippen LogP contribution in [0.4, 0.5) is 11.4 Å². The number of rotatable bonds is 6. The number of sulfonamides is 1. The maximum Gasteiger partial charge on any atom is 0.248 e. The smallest absolute Gasteiger partial charge is 0.248 e. The summed E-state index contributed by atoms with van der Waals surface area (Å²) in [6, 6.07) is 12.9. The summed E-state index contributed by atoms with van der Waals surface area (Å²) in [4.78, 5) is 12.7. The number of nitrogens with zero attached hydrogens (tertiary/aromatic N) is 1. The van der Waals surface area contributed by atoms with Gasteiger partial charge in [-0.05, 0) is 43.2 Å². The first kappa shape index (κ1) is 19.3. The molecule has 7 heteroatoms. The van der Waals surface area contributed by atoms with Crippen molar-refractivity contribution in [3.63, 3.8) is 0 Å². The van der Waals surface area contributed by atoms with Crippen LogP contribution in [-0.2, 0) is 21.2 Å². The van der Waals surface area contributed by atoms with E-state index >= 15 is 0 Å². The van der Waals surface area contributed by atoms with Crippen molar-refractivity contribution in [3.8, 4) is 0 Å². The Morgan fingerprint density at radius 3 is 2.48 bits per heavy atom. The van der Waals surface area contributed by atoms with E-state index in [0.29, 0.717) is 16.4 Å². The molecule has 1 unspecified atom stereocenters. The number of carbonyl (C=O) groups is 1. The highest BCUT2D eigenvalue weighted by Gasteiger charge is 2.29. The molecule has 25 heavy (non-hydrogen) atoms. The summed E-state index contributed by atoms with van der Waals surface area (Å²) >= 11 is 5.97. The average Bonchev–Trinajstić information content (AvgIpc) is 2.54. The molecule has 0 spiro atoms. The normalized spacial score (nSPS) is 12.5. The number of para-hydroxylation sites is 1. The van der Waals surface area contributed by atoms with Crippen LogP contribution in [0.3, 0.4) is 0 Å². The molecule has 0 aliphatic carbocycles. The van der Waals surface area contributed by atoms with Crippen molar-refractivity contribution in [2.24, 2.45) is 0 Å². The van der Waals surface area contributed by atoms with Gasteiger partial charge in [0.2, 0.25) is 15.9 Å². The second-order valence-electron chi connectivity index (χ2n) is 5.71. The number of carbonyl (C=O) groups excluding carboxylic acids is 1. The molecule has 1 atom stereocenters. The zero-order valence-corrected chi connectivity index (χ0v) is 15.9. The lowest BCUT2D eigenvalue weighted by atomic mass is 10.1. The molecule has 0 aliphatic rings. The predicted octanol–water partition coefficient (Wildman–Crippen LogP) is 3.70. The van der Waals surface area contributed by atoms with Crippen molar-refractivity contribution in [1.82, 2.24) is 0 Å². The Hall–Kier alpha value is -2.05. The number of hydrogen-bond acceptors (Lipinski definition) is 3. The molecular formula is C18H21ClN2O3S. The van der Waals surface area contributed by atoms with E-state index in [0.717, 1.165) is 22.5 Å². The van der Waals surface area contributed by atoms with E-state index in [1.165, 1.54) is 6.07 Å². The molecule has 1 N–H and O–H groups in total. The highest BCUT2D eigenvalue weighted by molar-refractivity contribution is 7.92. The quantitative estimate of drug-likeness (QED) is 0.830. The van der Waals surface area contributed by atoms with E-state index in [2.05, 4.69) is 5.32 Å². The lowest BCUT2D eigenvalue weighted by Crippen LogP contribution is -2.45. The molecule has 0 aliphatic heterocycles. The number of nitrogens with one attached hydrogen (secondary N) is 1. The largest absolute Gasteiger partial charge is 0.324 e. The fraction of sp³-hybridized carbons (Fsp3) is 0.278. The highest BCUT2D eigenvalue weighted by atomic mass is 35.5. The minimum atomic E-state index is -3.67. The predicted molar refractivity (Wildman–Crippen MR) is 103 cm³/mol. The van der Waals surface area contributed by atoms with Crippen molar-refractivity contribution >= 4 is 38.9 Å². The fourth-order valence-corrected chi connectivity index (χ4v) is 3.96. The van der Waals surface area contributed by atoms with Gasteiger partial charge in [0.1, 0.15) is 6.04 Å². The lowest BCUT2D eigenvalue weighted by molar-refractivity contribution is -0.116. The van der Waals surface area contributed by atoms with Crippen LogP contribution in [0.5, 0.6) is 0 Å². The summed E-state index contributed by atoms with van der Waals surface area (Å²) in [7, 11) is -3.67. The molecule has 0 aromatic heterocycles. The minimum absolute atomic E-state index is 0.349. The number of anilines is 2. The van der Waals surface area contributed by atoms with Crippen LogP contribution in [0.1, 0.15) is 19.4 Å². The second-order valence-corrected chi connectivity index (χ2v) is 8.01. The van der Waals surface area contributed by atoms with Crippen molar-refractivity contribution in [3.05, 3.63) is 59.1 Å². The topological polar surface area (TPSA) is 66.5 Å². The molecule has 0 bridgehead atoms. The van der Waals surface area contributed by atoms with Gasteiger partial charge >= 0.3 is 0 Å². The van der Waals surface area contributed by atoms with Crippen LogP contribution >= 0.6 is 11.6 Å². The third-order valence-electron chi connectivity index (χ3n) is 3.81. The summed E-state index contributed by atoms with van der Waals surface area (Å²) in [5.41, 5.74) is 2.01. The van der Waals surface area contributed by atoms with E-state index < -0.39 is 22.0 Å². The lowest BCUT2D eigenvalue weighted by Gasteiger charge is -2.28. The maximum atomic E-state index is 12.7. The first-order valence-electron chi connectivity index (χ1n) is 7.87. The van der Waals surface area contributed by atoms with Gasteiger partial charge in [0, 0.05) is 10.7 Å². The third-order valence-corrected chi connectivity index (χ3v) is 5.28. The van der Waals surface area contributed by atoms with Crippen LogP contribution in [0, 0.1) is 0 Å². The molecule has 0 saturated carbocycles. The Bertz CT molecular complexity index is 868. The SMILES string of the molecule is CCc1ccccc1NC(=O)C(C)N(c1cccc(Cl)c1)S(C)(=O)=O. The van der Waals surface area contributed by atoms with E-state index in [1.54, 1.807) is 31.2 Å². The van der Waals surface area contributed by atoms with Gasteiger partial charge in [-0.2, -0.15) is 0 Å². The van der Waals surface area contributed by atoms with Crippen LogP contribution in [-0.4, -0.2) is 26.6 Å². The van der Waals surface area contributed by atoms with Crippen molar-refractivity contribution in [2.45, 2.75) is 26.3 Å².